The highest BCUT2D eigenvalue weighted by Gasteiger charge is 2.18. The molecule has 6 heteroatoms. The van der Waals surface area contributed by atoms with Gasteiger partial charge >= 0.3 is 0 Å². The number of hydrogen-bond donors (Lipinski definition) is 1. The summed E-state index contributed by atoms with van der Waals surface area (Å²) in [6, 6.07) is 14.3. The number of hydrogen-bond acceptors (Lipinski definition) is 4. The molecule has 4 rings (SSSR count). The minimum atomic E-state index is -0.256. The molecular formula is C22H19FN4O. The number of morpholine rings is 1. The van der Waals surface area contributed by atoms with Gasteiger partial charge in [0, 0.05) is 30.5 Å². The maximum atomic E-state index is 13.0. The molecule has 1 N–H and O–H groups in total. The average Bonchev–Trinajstić information content (AvgIpc) is 3.19. The predicted molar refractivity (Wildman–Crippen MR) is 107 cm³/mol. The van der Waals surface area contributed by atoms with E-state index in [-0.39, 0.29) is 5.82 Å². The predicted octanol–water partition coefficient (Wildman–Crippen LogP) is 4.09. The monoisotopic (exact) mass is 374 g/mol. The van der Waals surface area contributed by atoms with E-state index in [1.807, 2.05) is 30.4 Å². The number of halogens is 1. The number of aromatic amines is 1. The van der Waals surface area contributed by atoms with Crippen molar-refractivity contribution in [3.8, 4) is 17.3 Å². The molecule has 0 bridgehead atoms. The SMILES string of the molecule is N#Cc1cc(-c2ccnc(/C=C/c3ccc(F)cc3)c2)[nH]c1N1CCOCC1. The molecular weight excluding hydrogens is 355 g/mol. The topological polar surface area (TPSA) is 64.9 Å². The van der Waals surface area contributed by atoms with Gasteiger partial charge in [0.1, 0.15) is 17.7 Å². The van der Waals surface area contributed by atoms with Gasteiger partial charge in [-0.3, -0.25) is 4.98 Å². The quantitative estimate of drug-likeness (QED) is 0.747. The third-order valence-electron chi connectivity index (χ3n) is 4.65. The largest absolute Gasteiger partial charge is 0.378 e. The van der Waals surface area contributed by atoms with E-state index in [1.54, 1.807) is 18.3 Å². The summed E-state index contributed by atoms with van der Waals surface area (Å²) in [5.74, 6) is 0.578. The Bertz CT molecular complexity index is 1030. The molecule has 0 radical (unpaired) electrons. The lowest BCUT2D eigenvalue weighted by Gasteiger charge is -2.27. The van der Waals surface area contributed by atoms with Crippen molar-refractivity contribution in [1.29, 1.82) is 5.26 Å². The molecule has 0 amide bonds. The van der Waals surface area contributed by atoms with Gasteiger partial charge in [0.05, 0.1) is 24.5 Å². The van der Waals surface area contributed by atoms with Crippen molar-refractivity contribution in [2.45, 2.75) is 0 Å². The number of ether oxygens (including phenoxy) is 1. The molecule has 1 aliphatic rings. The molecule has 1 aromatic carbocycles. The van der Waals surface area contributed by atoms with Gasteiger partial charge in [-0.2, -0.15) is 5.26 Å². The van der Waals surface area contributed by atoms with Gasteiger partial charge in [0.15, 0.2) is 0 Å². The molecule has 2 aromatic heterocycles. The van der Waals surface area contributed by atoms with Crippen LogP contribution < -0.4 is 4.90 Å². The Balaban J connectivity index is 1.59. The van der Waals surface area contributed by atoms with Gasteiger partial charge in [-0.15, -0.1) is 0 Å². The first-order valence-electron chi connectivity index (χ1n) is 9.09. The lowest BCUT2D eigenvalue weighted by atomic mass is 10.1. The van der Waals surface area contributed by atoms with Crippen LogP contribution >= 0.6 is 0 Å². The second-order valence-corrected chi connectivity index (χ2v) is 6.51. The van der Waals surface area contributed by atoms with Crippen molar-refractivity contribution in [2.75, 3.05) is 31.2 Å². The molecule has 0 unspecified atom stereocenters. The van der Waals surface area contributed by atoms with Crippen molar-refractivity contribution >= 4 is 18.0 Å². The fourth-order valence-corrected chi connectivity index (χ4v) is 3.18. The smallest absolute Gasteiger partial charge is 0.124 e. The zero-order valence-corrected chi connectivity index (χ0v) is 15.2. The van der Waals surface area contributed by atoms with Crippen LogP contribution in [0.3, 0.4) is 0 Å². The fraction of sp³-hybridized carbons (Fsp3) is 0.182. The van der Waals surface area contributed by atoms with Crippen molar-refractivity contribution < 1.29 is 9.13 Å². The normalized spacial score (nSPS) is 14.4. The molecule has 5 nitrogen and oxygen atoms in total. The van der Waals surface area contributed by atoms with E-state index in [9.17, 15) is 9.65 Å². The van der Waals surface area contributed by atoms with Crippen molar-refractivity contribution in [3.63, 3.8) is 0 Å². The number of benzene rings is 1. The third kappa shape index (κ3) is 3.95. The zero-order valence-electron chi connectivity index (χ0n) is 15.2. The standard InChI is InChI=1S/C22H19FN4O/c23-19-4-1-16(2-5-19)3-6-20-13-17(7-8-25-20)21-14-18(15-24)22(26-21)27-9-11-28-12-10-27/h1-8,13-14,26H,9-12H2/b6-3+. The van der Waals surface area contributed by atoms with E-state index >= 15 is 0 Å². The summed E-state index contributed by atoms with van der Waals surface area (Å²) in [5, 5.41) is 9.52. The van der Waals surface area contributed by atoms with Crippen LogP contribution in [-0.2, 0) is 4.74 Å². The highest BCUT2D eigenvalue weighted by Crippen LogP contribution is 2.28. The molecule has 3 aromatic rings. The number of anilines is 1. The van der Waals surface area contributed by atoms with Crippen LogP contribution in [0.2, 0.25) is 0 Å². The number of pyridine rings is 1. The summed E-state index contributed by atoms with van der Waals surface area (Å²) in [5.41, 5.74) is 4.12. The van der Waals surface area contributed by atoms with Crippen LogP contribution in [0.1, 0.15) is 16.8 Å². The number of aromatic nitrogens is 2. The number of rotatable bonds is 4. The Morgan fingerprint density at radius 2 is 1.89 bits per heavy atom. The first-order valence-corrected chi connectivity index (χ1v) is 9.09. The fourth-order valence-electron chi connectivity index (χ4n) is 3.18. The van der Waals surface area contributed by atoms with Crippen LogP contribution in [0.25, 0.3) is 23.4 Å². The van der Waals surface area contributed by atoms with Crippen LogP contribution in [0.15, 0.2) is 48.7 Å². The molecule has 0 saturated carbocycles. The van der Waals surface area contributed by atoms with Gasteiger partial charge in [0.25, 0.3) is 0 Å². The molecule has 0 aliphatic carbocycles. The van der Waals surface area contributed by atoms with Gasteiger partial charge in [-0.05, 0) is 42.0 Å². The average molecular weight is 374 g/mol. The van der Waals surface area contributed by atoms with Gasteiger partial charge in [-0.1, -0.05) is 18.2 Å². The van der Waals surface area contributed by atoms with Crippen LogP contribution in [0.5, 0.6) is 0 Å². The van der Waals surface area contributed by atoms with Crippen LogP contribution in [0.4, 0.5) is 10.2 Å². The molecule has 3 heterocycles. The van der Waals surface area contributed by atoms with E-state index < -0.39 is 0 Å². The molecule has 1 aliphatic heterocycles. The number of H-pyrrole nitrogens is 1. The maximum absolute atomic E-state index is 13.0. The van der Waals surface area contributed by atoms with Crippen LogP contribution in [-0.4, -0.2) is 36.3 Å². The molecule has 0 spiro atoms. The summed E-state index contributed by atoms with van der Waals surface area (Å²) < 4.78 is 18.4. The zero-order chi connectivity index (χ0) is 19.3. The van der Waals surface area contributed by atoms with E-state index in [1.165, 1.54) is 12.1 Å². The highest BCUT2D eigenvalue weighted by molar-refractivity contribution is 5.73. The lowest BCUT2D eigenvalue weighted by molar-refractivity contribution is 0.122. The maximum Gasteiger partial charge on any atom is 0.124 e. The van der Waals surface area contributed by atoms with E-state index in [0.29, 0.717) is 18.8 Å². The second-order valence-electron chi connectivity index (χ2n) is 6.51. The number of nitrogens with zero attached hydrogens (tertiary/aromatic N) is 3. The van der Waals surface area contributed by atoms with Gasteiger partial charge in [0.2, 0.25) is 0 Å². The van der Waals surface area contributed by atoms with Crippen LogP contribution in [0, 0.1) is 17.1 Å². The molecule has 140 valence electrons. The Morgan fingerprint density at radius 3 is 2.64 bits per heavy atom. The lowest BCUT2D eigenvalue weighted by Crippen LogP contribution is -2.36. The van der Waals surface area contributed by atoms with Crippen molar-refractivity contribution in [2.24, 2.45) is 0 Å². The minimum Gasteiger partial charge on any atom is -0.378 e. The Hall–Kier alpha value is -3.43. The van der Waals surface area contributed by atoms with E-state index in [0.717, 1.165) is 41.4 Å². The Labute approximate surface area is 162 Å². The van der Waals surface area contributed by atoms with E-state index in [2.05, 4.69) is 20.9 Å². The first kappa shape index (κ1) is 18.0. The minimum absolute atomic E-state index is 0.256. The van der Waals surface area contributed by atoms with E-state index in [4.69, 9.17) is 4.74 Å². The van der Waals surface area contributed by atoms with Crippen molar-refractivity contribution in [3.05, 3.63) is 71.3 Å². The third-order valence-corrected chi connectivity index (χ3v) is 4.65. The molecule has 1 saturated heterocycles. The summed E-state index contributed by atoms with van der Waals surface area (Å²) >= 11 is 0. The number of nitrogens with one attached hydrogen (secondary N) is 1. The number of nitriles is 1. The van der Waals surface area contributed by atoms with Crippen molar-refractivity contribution in [1.82, 2.24) is 9.97 Å². The highest BCUT2D eigenvalue weighted by atomic mass is 19.1. The van der Waals surface area contributed by atoms with Gasteiger partial charge < -0.3 is 14.6 Å². The summed E-state index contributed by atoms with van der Waals surface area (Å²) in [6.07, 6.45) is 5.51. The Morgan fingerprint density at radius 1 is 1.11 bits per heavy atom. The summed E-state index contributed by atoms with van der Waals surface area (Å²) in [7, 11) is 0. The molecule has 1 fully saturated rings. The Kier molecular flexibility index (Phi) is 5.18. The molecule has 0 atom stereocenters. The second kappa shape index (κ2) is 8.07. The summed E-state index contributed by atoms with van der Waals surface area (Å²) in [4.78, 5) is 9.89. The first-order chi connectivity index (χ1) is 13.7. The summed E-state index contributed by atoms with van der Waals surface area (Å²) in [6.45, 7) is 2.84. The molecule has 28 heavy (non-hydrogen) atoms. The van der Waals surface area contributed by atoms with Gasteiger partial charge in [-0.25, -0.2) is 4.39 Å².